The lowest BCUT2D eigenvalue weighted by molar-refractivity contribution is 1.15. The van der Waals surface area contributed by atoms with Crippen LogP contribution in [-0.4, -0.2) is 19.1 Å². The van der Waals surface area contributed by atoms with E-state index in [-0.39, 0.29) is 0 Å². The van der Waals surface area contributed by atoms with E-state index in [0.717, 1.165) is 60.9 Å². The Labute approximate surface area is 299 Å². The fraction of sp³-hybridized carbons (Fsp3) is 0. The molecule has 5 nitrogen and oxygen atoms in total. The molecule has 0 unspecified atom stereocenters. The third kappa shape index (κ3) is 4.49. The second kappa shape index (κ2) is 11.9. The van der Waals surface area contributed by atoms with Crippen molar-refractivity contribution in [3.63, 3.8) is 0 Å². The molecule has 0 fully saturated rings. The fourth-order valence-electron chi connectivity index (χ4n) is 7.77. The third-order valence-electron chi connectivity index (χ3n) is 9.97. The Bertz CT molecular complexity index is 2930. The van der Waals surface area contributed by atoms with Gasteiger partial charge in [0.25, 0.3) is 0 Å². The van der Waals surface area contributed by atoms with Gasteiger partial charge in [0, 0.05) is 49.6 Å². The Morgan fingerprint density at radius 2 is 0.942 bits per heavy atom. The lowest BCUT2D eigenvalue weighted by Gasteiger charge is -2.15. The molecule has 0 amide bonds. The number of nitriles is 1. The molecule has 0 aliphatic heterocycles. The van der Waals surface area contributed by atoms with Gasteiger partial charge in [-0.2, -0.15) is 5.26 Å². The Hall–Kier alpha value is -7.29. The molecule has 242 valence electrons. The summed E-state index contributed by atoms with van der Waals surface area (Å²) in [5.41, 5.74) is 10.9. The highest BCUT2D eigenvalue weighted by molar-refractivity contribution is 6.27. The minimum Gasteiger partial charge on any atom is -0.309 e. The van der Waals surface area contributed by atoms with Gasteiger partial charge in [0.15, 0.2) is 5.82 Å². The summed E-state index contributed by atoms with van der Waals surface area (Å²) in [5.74, 6) is 0.560. The van der Waals surface area contributed by atoms with Crippen LogP contribution in [0.2, 0.25) is 0 Å². The van der Waals surface area contributed by atoms with E-state index < -0.39 is 0 Å². The van der Waals surface area contributed by atoms with Crippen molar-refractivity contribution < 1.29 is 0 Å². The van der Waals surface area contributed by atoms with Crippen molar-refractivity contribution >= 4 is 43.6 Å². The summed E-state index contributed by atoms with van der Waals surface area (Å²) in [4.78, 5) is 10.5. The summed E-state index contributed by atoms with van der Waals surface area (Å²) < 4.78 is 4.75. The van der Waals surface area contributed by atoms with Gasteiger partial charge >= 0.3 is 0 Å². The van der Waals surface area contributed by atoms with E-state index in [1.807, 2.05) is 60.7 Å². The first-order chi connectivity index (χ1) is 25.8. The molecule has 10 aromatic rings. The van der Waals surface area contributed by atoms with Crippen molar-refractivity contribution in [1.82, 2.24) is 19.1 Å². The largest absolute Gasteiger partial charge is 0.309 e. The number of rotatable bonds is 5. The normalized spacial score (nSPS) is 11.4. The summed E-state index contributed by atoms with van der Waals surface area (Å²) in [6.45, 7) is 0. The zero-order chi connectivity index (χ0) is 34.6. The second-order valence-electron chi connectivity index (χ2n) is 12.9. The Kier molecular flexibility index (Phi) is 6.80. The van der Waals surface area contributed by atoms with Crippen LogP contribution in [0.15, 0.2) is 176 Å². The maximum absolute atomic E-state index is 10.6. The van der Waals surface area contributed by atoms with Gasteiger partial charge in [0.05, 0.1) is 33.5 Å². The maximum atomic E-state index is 10.6. The van der Waals surface area contributed by atoms with E-state index in [1.54, 1.807) is 0 Å². The molecule has 0 aliphatic carbocycles. The summed E-state index contributed by atoms with van der Waals surface area (Å²) in [6, 6.07) is 63.0. The van der Waals surface area contributed by atoms with Crippen molar-refractivity contribution in [3.8, 4) is 51.3 Å². The maximum Gasteiger partial charge on any atom is 0.162 e. The summed E-state index contributed by atoms with van der Waals surface area (Å²) in [6.07, 6.45) is 0. The first kappa shape index (κ1) is 29.6. The number of hydrogen-bond acceptors (Lipinski definition) is 3. The SMILES string of the molecule is N#Cc1c(-c2ccccc2)nc(-c2cccc3c4ccc5c(c6ccccc6n5-c5ccccc5)c4n(-c4ccccc4)c23)nc1-c1ccccc1. The van der Waals surface area contributed by atoms with E-state index in [1.165, 1.54) is 10.8 Å². The quantitative estimate of drug-likeness (QED) is 0.184. The molecular weight excluding hydrogens is 635 g/mol. The molecule has 52 heavy (non-hydrogen) atoms. The van der Waals surface area contributed by atoms with Gasteiger partial charge < -0.3 is 9.13 Å². The number of benzene rings is 7. The van der Waals surface area contributed by atoms with E-state index in [9.17, 15) is 5.26 Å². The standard InChI is InChI=1S/C47H29N5/c48-30-39-43(31-16-5-1-6-17-31)49-47(50-44(39)32-18-7-2-8-19-32)38-26-15-25-35-36-28-29-41-42(46(36)52(45(35)38)34-22-11-4-12-23-34)37-24-13-14-27-40(37)51(41)33-20-9-3-10-21-33/h1-29H. The molecule has 0 saturated carbocycles. The summed E-state index contributed by atoms with van der Waals surface area (Å²) in [5, 5.41) is 15.2. The lowest BCUT2D eigenvalue weighted by Crippen LogP contribution is -2.02. The zero-order valence-corrected chi connectivity index (χ0v) is 28.0. The molecule has 0 saturated heterocycles. The second-order valence-corrected chi connectivity index (χ2v) is 12.9. The number of fused-ring (bicyclic) bond motifs is 7. The average Bonchev–Trinajstić information content (AvgIpc) is 3.75. The molecule has 0 spiro atoms. The highest BCUT2D eigenvalue weighted by Gasteiger charge is 2.25. The average molecular weight is 664 g/mol. The monoisotopic (exact) mass is 663 g/mol. The van der Waals surface area contributed by atoms with E-state index >= 15 is 0 Å². The van der Waals surface area contributed by atoms with Gasteiger partial charge in [-0.05, 0) is 42.5 Å². The number of para-hydroxylation sites is 4. The molecule has 0 atom stereocenters. The van der Waals surface area contributed by atoms with Crippen LogP contribution in [0.5, 0.6) is 0 Å². The Morgan fingerprint density at radius 1 is 0.423 bits per heavy atom. The van der Waals surface area contributed by atoms with E-state index in [4.69, 9.17) is 9.97 Å². The molecule has 5 heteroatoms. The Morgan fingerprint density at radius 3 is 1.56 bits per heavy atom. The lowest BCUT2D eigenvalue weighted by atomic mass is 10.00. The van der Waals surface area contributed by atoms with Gasteiger partial charge in [-0.25, -0.2) is 9.97 Å². The van der Waals surface area contributed by atoms with Crippen LogP contribution in [0, 0.1) is 11.3 Å². The fourth-order valence-corrected chi connectivity index (χ4v) is 7.77. The van der Waals surface area contributed by atoms with Gasteiger partial charge in [0.2, 0.25) is 0 Å². The minimum atomic E-state index is 0.451. The summed E-state index contributed by atoms with van der Waals surface area (Å²) in [7, 11) is 0. The van der Waals surface area contributed by atoms with Crippen LogP contribution in [-0.2, 0) is 0 Å². The van der Waals surface area contributed by atoms with Crippen LogP contribution < -0.4 is 0 Å². The zero-order valence-electron chi connectivity index (χ0n) is 28.0. The third-order valence-corrected chi connectivity index (χ3v) is 9.97. The highest BCUT2D eigenvalue weighted by Crippen LogP contribution is 2.44. The van der Waals surface area contributed by atoms with Crippen LogP contribution in [0.1, 0.15) is 5.56 Å². The predicted octanol–water partition coefficient (Wildman–Crippen LogP) is 11.5. The predicted molar refractivity (Wildman–Crippen MR) is 212 cm³/mol. The molecule has 0 N–H and O–H groups in total. The number of hydrogen-bond donors (Lipinski definition) is 0. The van der Waals surface area contributed by atoms with Crippen LogP contribution in [0.25, 0.3) is 88.9 Å². The molecular formula is C47H29N5. The van der Waals surface area contributed by atoms with E-state index in [0.29, 0.717) is 22.8 Å². The van der Waals surface area contributed by atoms with Crippen molar-refractivity contribution in [2.75, 3.05) is 0 Å². The van der Waals surface area contributed by atoms with Crippen LogP contribution in [0.4, 0.5) is 0 Å². The van der Waals surface area contributed by atoms with Gasteiger partial charge in [-0.15, -0.1) is 0 Å². The van der Waals surface area contributed by atoms with Crippen LogP contribution in [0.3, 0.4) is 0 Å². The van der Waals surface area contributed by atoms with Gasteiger partial charge in [-0.3, -0.25) is 0 Å². The minimum absolute atomic E-state index is 0.451. The number of nitrogens with zero attached hydrogens (tertiary/aromatic N) is 5. The number of aromatic nitrogens is 4. The smallest absolute Gasteiger partial charge is 0.162 e. The summed E-state index contributed by atoms with van der Waals surface area (Å²) >= 11 is 0. The molecule has 0 radical (unpaired) electrons. The highest BCUT2D eigenvalue weighted by atomic mass is 15.0. The van der Waals surface area contributed by atoms with E-state index in [2.05, 4.69) is 130 Å². The molecule has 7 aromatic carbocycles. The molecule has 3 heterocycles. The van der Waals surface area contributed by atoms with Gasteiger partial charge in [0.1, 0.15) is 11.6 Å². The van der Waals surface area contributed by atoms with Crippen molar-refractivity contribution in [3.05, 3.63) is 181 Å². The Balaban J connectivity index is 1.38. The first-order valence-corrected chi connectivity index (χ1v) is 17.3. The van der Waals surface area contributed by atoms with Crippen LogP contribution >= 0.6 is 0 Å². The van der Waals surface area contributed by atoms with Gasteiger partial charge in [-0.1, -0.05) is 133 Å². The molecule has 10 rings (SSSR count). The molecule has 0 bridgehead atoms. The van der Waals surface area contributed by atoms with Crippen molar-refractivity contribution in [2.24, 2.45) is 0 Å². The molecule has 3 aromatic heterocycles. The molecule has 0 aliphatic rings. The topological polar surface area (TPSA) is 59.4 Å². The first-order valence-electron chi connectivity index (χ1n) is 17.3. The van der Waals surface area contributed by atoms with Crippen molar-refractivity contribution in [1.29, 1.82) is 5.26 Å². The van der Waals surface area contributed by atoms with Crippen molar-refractivity contribution in [2.45, 2.75) is 0 Å².